The van der Waals surface area contributed by atoms with Gasteiger partial charge in [-0.15, -0.1) is 0 Å². The maximum atomic E-state index is 13.7. The molecule has 3 aliphatic rings. The number of carbonyl (C=O) groups is 2. The monoisotopic (exact) mass is 616 g/mol. The molecule has 1 aromatic carbocycles. The number of nitrogens with one attached hydrogen (secondary N) is 2. The van der Waals surface area contributed by atoms with Gasteiger partial charge in [0.25, 0.3) is 5.91 Å². The molecule has 2 aromatic heterocycles. The lowest BCUT2D eigenvalue weighted by Crippen LogP contribution is -2.50. The lowest BCUT2D eigenvalue weighted by molar-refractivity contribution is -0.153. The Kier molecular flexibility index (Phi) is 7.02. The Bertz CT molecular complexity index is 1750. The van der Waals surface area contributed by atoms with Gasteiger partial charge >= 0.3 is 6.18 Å². The van der Waals surface area contributed by atoms with Crippen LogP contribution in [0.4, 0.5) is 19.0 Å². The largest absolute Gasteiger partial charge is 0.484 e. The second-order valence-corrected chi connectivity index (χ2v) is 13.2. The Balaban J connectivity index is 1.36. The van der Waals surface area contributed by atoms with Crippen LogP contribution in [0.2, 0.25) is 0 Å². The van der Waals surface area contributed by atoms with E-state index in [2.05, 4.69) is 20.6 Å². The van der Waals surface area contributed by atoms with Gasteiger partial charge < -0.3 is 15.4 Å². The summed E-state index contributed by atoms with van der Waals surface area (Å²) in [6.07, 6.45) is 0.107. The minimum atomic E-state index is -4.47. The van der Waals surface area contributed by atoms with Gasteiger partial charge in [-0.05, 0) is 54.7 Å². The summed E-state index contributed by atoms with van der Waals surface area (Å²) < 4.78 is 68.3. The van der Waals surface area contributed by atoms with E-state index >= 15 is 0 Å². The fraction of sp³-hybridized carbons (Fsp3) is 0.393. The molecule has 226 valence electrons. The lowest BCUT2D eigenvalue weighted by Gasteiger charge is -2.35. The number of rotatable bonds is 6. The summed E-state index contributed by atoms with van der Waals surface area (Å²) in [5, 5.41) is 10.5. The average molecular weight is 617 g/mol. The van der Waals surface area contributed by atoms with Crippen molar-refractivity contribution in [3.8, 4) is 11.6 Å². The molecule has 1 aliphatic carbocycles. The third-order valence-corrected chi connectivity index (χ3v) is 9.70. The van der Waals surface area contributed by atoms with Gasteiger partial charge in [0, 0.05) is 31.4 Å². The third kappa shape index (κ3) is 5.60. The van der Waals surface area contributed by atoms with Crippen LogP contribution in [-0.2, 0) is 33.0 Å². The zero-order valence-electron chi connectivity index (χ0n) is 22.9. The van der Waals surface area contributed by atoms with E-state index in [-0.39, 0.29) is 41.5 Å². The predicted molar refractivity (Wildman–Crippen MR) is 149 cm³/mol. The zero-order chi connectivity index (χ0) is 30.6. The van der Waals surface area contributed by atoms with Crippen molar-refractivity contribution >= 4 is 33.7 Å². The molecule has 2 N–H and O–H groups in total. The fourth-order valence-electron chi connectivity index (χ4n) is 5.98. The molecule has 0 bridgehead atoms. The number of ether oxygens (including phenoxy) is 1. The van der Waals surface area contributed by atoms with Crippen molar-refractivity contribution < 1.29 is 35.9 Å². The molecule has 2 atom stereocenters. The number of nitrogens with zero attached hydrogens (tertiary/aromatic N) is 4. The van der Waals surface area contributed by atoms with Crippen molar-refractivity contribution in [2.75, 3.05) is 30.5 Å². The molecule has 43 heavy (non-hydrogen) atoms. The highest BCUT2D eigenvalue weighted by atomic mass is 32.2. The normalized spacial score (nSPS) is 22.4. The van der Waals surface area contributed by atoms with E-state index in [4.69, 9.17) is 9.84 Å². The summed E-state index contributed by atoms with van der Waals surface area (Å²) in [5.41, 5.74) is 1.90. The predicted octanol–water partition coefficient (Wildman–Crippen LogP) is 2.76. The number of anilines is 1. The molecular formula is C28H27F3N6O5S. The molecule has 1 fully saturated rings. The summed E-state index contributed by atoms with van der Waals surface area (Å²) in [6.45, 7) is -1.41. The first-order chi connectivity index (χ1) is 20.4. The quantitative estimate of drug-likeness (QED) is 0.405. The first-order valence-electron chi connectivity index (χ1n) is 13.5. The first kappa shape index (κ1) is 28.8. The molecular weight excluding hydrogens is 589 g/mol. The third-order valence-electron chi connectivity index (χ3n) is 7.93. The summed E-state index contributed by atoms with van der Waals surface area (Å²) in [6, 6.07) is 8.08. The number of aryl methyl sites for hydroxylation is 1. The molecule has 15 heteroatoms. The van der Waals surface area contributed by atoms with Crippen LogP contribution in [0.5, 0.6) is 5.75 Å². The molecule has 6 rings (SSSR count). The number of hydrogen-bond acceptors (Lipinski definition) is 8. The first-order valence-corrected chi connectivity index (χ1v) is 15.4. The zero-order valence-corrected chi connectivity index (χ0v) is 23.8. The summed E-state index contributed by atoms with van der Waals surface area (Å²) in [4.78, 5) is 35.4. The Hall–Kier alpha value is -4.27. The minimum absolute atomic E-state index is 0.0789. The van der Waals surface area contributed by atoms with Gasteiger partial charge in [0.1, 0.15) is 11.3 Å². The van der Waals surface area contributed by atoms with E-state index in [1.54, 1.807) is 43.7 Å². The molecule has 11 nitrogen and oxygen atoms in total. The van der Waals surface area contributed by atoms with Gasteiger partial charge in [0.05, 0.1) is 28.7 Å². The molecule has 1 saturated heterocycles. The van der Waals surface area contributed by atoms with Crippen LogP contribution in [0, 0.1) is 5.92 Å². The van der Waals surface area contributed by atoms with Gasteiger partial charge in [-0.2, -0.15) is 23.0 Å². The molecule has 0 saturated carbocycles. The van der Waals surface area contributed by atoms with Crippen LogP contribution in [-0.4, -0.2) is 72.5 Å². The van der Waals surface area contributed by atoms with Crippen LogP contribution in [0.25, 0.3) is 5.82 Å². The molecule has 3 aromatic rings. The summed E-state index contributed by atoms with van der Waals surface area (Å²) >= 11 is 0. The number of fused-ring (bicyclic) bond motifs is 3. The number of alkyl halides is 3. The fourth-order valence-corrected chi connectivity index (χ4v) is 7.72. The van der Waals surface area contributed by atoms with Gasteiger partial charge in [0.15, 0.2) is 28.1 Å². The Morgan fingerprint density at radius 2 is 2.12 bits per heavy atom. The second kappa shape index (κ2) is 10.5. The topological polar surface area (TPSA) is 145 Å². The van der Waals surface area contributed by atoms with Crippen LogP contribution in [0.3, 0.4) is 0 Å². The molecule has 1 unspecified atom stereocenters. The maximum absolute atomic E-state index is 13.7. The second-order valence-electron chi connectivity index (χ2n) is 10.9. The van der Waals surface area contributed by atoms with E-state index in [0.29, 0.717) is 24.4 Å². The van der Waals surface area contributed by atoms with Crippen LogP contribution < -0.4 is 15.4 Å². The van der Waals surface area contributed by atoms with Crippen molar-refractivity contribution in [1.29, 1.82) is 0 Å². The standard InChI is InChI=1S/C28H27F3N6O5S/c1-32-12-16-2-5-22(33-13-16)37-24(34-25(38)18-7-9-43(40,41)14-18)23-21(36-37)11-27(35-26(23)39)8-6-17-10-19(3-4-20(17)27)42-15-28(29,30)31/h2-5,10,12-13,18H,6-9,11,14-15H2,1H3,(H,34,38)(H,35,39)/b32-12+/t18?,27-/m0/s1. The molecule has 1 spiro atoms. The van der Waals surface area contributed by atoms with Gasteiger partial charge in [-0.1, -0.05) is 6.07 Å². The number of pyridine rings is 1. The van der Waals surface area contributed by atoms with E-state index in [9.17, 15) is 31.2 Å². The molecule has 2 amide bonds. The van der Waals surface area contributed by atoms with Crippen LogP contribution in [0.1, 0.15) is 45.6 Å². The van der Waals surface area contributed by atoms with Crippen molar-refractivity contribution in [1.82, 2.24) is 20.1 Å². The van der Waals surface area contributed by atoms with Crippen LogP contribution in [0.15, 0.2) is 41.5 Å². The SMILES string of the molecule is C/N=C/c1ccc(-n2nc3c(c2NC(=O)C2CCS(=O)(=O)C2)C(=O)N[C@@]2(CCc4cc(OCC(F)(F)F)ccc42)C3)nc1. The van der Waals surface area contributed by atoms with Crippen molar-refractivity contribution in [2.45, 2.75) is 37.4 Å². The van der Waals surface area contributed by atoms with E-state index in [1.807, 2.05) is 0 Å². The lowest BCUT2D eigenvalue weighted by atomic mass is 9.82. The van der Waals surface area contributed by atoms with Gasteiger partial charge in [0.2, 0.25) is 5.91 Å². The van der Waals surface area contributed by atoms with Gasteiger partial charge in [-0.3, -0.25) is 14.6 Å². The van der Waals surface area contributed by atoms with Crippen molar-refractivity contribution in [3.63, 3.8) is 0 Å². The number of aromatic nitrogens is 3. The average Bonchev–Trinajstić information content (AvgIpc) is 3.61. The number of aliphatic imine (C=N–C) groups is 1. The Morgan fingerprint density at radius 1 is 1.30 bits per heavy atom. The molecule has 4 heterocycles. The van der Waals surface area contributed by atoms with E-state index in [0.717, 1.165) is 16.7 Å². The Morgan fingerprint density at radius 3 is 2.79 bits per heavy atom. The van der Waals surface area contributed by atoms with E-state index < -0.39 is 45.9 Å². The highest BCUT2D eigenvalue weighted by Gasteiger charge is 2.47. The highest BCUT2D eigenvalue weighted by molar-refractivity contribution is 7.91. The van der Waals surface area contributed by atoms with Gasteiger partial charge in [-0.25, -0.2) is 13.4 Å². The summed E-state index contributed by atoms with van der Waals surface area (Å²) in [7, 11) is -1.71. The number of benzene rings is 1. The number of amides is 2. The number of hydrogen-bond donors (Lipinski definition) is 2. The number of sulfone groups is 1. The van der Waals surface area contributed by atoms with Crippen LogP contribution >= 0.6 is 0 Å². The minimum Gasteiger partial charge on any atom is -0.484 e. The Labute approximate surface area is 244 Å². The van der Waals surface area contributed by atoms with E-state index in [1.165, 1.54) is 10.7 Å². The van der Waals surface area contributed by atoms with Crippen molar-refractivity contribution in [2.24, 2.45) is 10.9 Å². The smallest absolute Gasteiger partial charge is 0.422 e. The highest BCUT2D eigenvalue weighted by Crippen LogP contribution is 2.44. The molecule has 0 radical (unpaired) electrons. The number of halogens is 3. The van der Waals surface area contributed by atoms with Crippen molar-refractivity contribution in [3.05, 3.63) is 64.5 Å². The number of carbonyl (C=O) groups excluding carboxylic acids is 2. The summed E-state index contributed by atoms with van der Waals surface area (Å²) in [5.74, 6) is -1.69. The molecule has 2 aliphatic heterocycles. The maximum Gasteiger partial charge on any atom is 0.422 e.